The number of methoxy groups -OCH3 is 1. The van der Waals surface area contributed by atoms with E-state index in [0.29, 0.717) is 11.1 Å². The van der Waals surface area contributed by atoms with Gasteiger partial charge in [-0.05, 0) is 50.0 Å². The molecule has 0 aromatic heterocycles. The fourth-order valence-corrected chi connectivity index (χ4v) is 5.60. The number of hydrogen-bond donors (Lipinski definition) is 5. The zero-order valence-corrected chi connectivity index (χ0v) is 18.5. The maximum Gasteiger partial charge on any atom is 0.255 e. The number of phenolic OH excluding ortho intramolecular Hbond substituents is 1. The van der Waals surface area contributed by atoms with Gasteiger partial charge in [-0.1, -0.05) is 6.07 Å². The fourth-order valence-electron chi connectivity index (χ4n) is 5.60. The summed E-state index contributed by atoms with van der Waals surface area (Å²) in [7, 11) is 4.62. The van der Waals surface area contributed by atoms with Gasteiger partial charge in [0.25, 0.3) is 5.91 Å². The normalized spacial score (nSPS) is 29.2. The average Bonchev–Trinajstić information content (AvgIpc) is 2.72. The van der Waals surface area contributed by atoms with Gasteiger partial charge in [0.05, 0.1) is 18.2 Å². The molecule has 10 heteroatoms. The van der Waals surface area contributed by atoms with Crippen LogP contribution in [0.2, 0.25) is 0 Å². The minimum absolute atomic E-state index is 0.0494. The van der Waals surface area contributed by atoms with Crippen molar-refractivity contribution in [3.8, 4) is 5.75 Å². The number of aliphatic hydroxyl groups excluding tert-OH is 2. The smallest absolute Gasteiger partial charge is 0.255 e. The van der Waals surface area contributed by atoms with Crippen LogP contribution in [0.3, 0.4) is 0 Å². The molecule has 3 aliphatic rings. The molecule has 6 N–H and O–H groups in total. The van der Waals surface area contributed by atoms with Crippen LogP contribution in [-0.2, 0) is 32.1 Å². The summed E-state index contributed by atoms with van der Waals surface area (Å²) in [5, 5.41) is 43.8. The van der Waals surface area contributed by atoms with Gasteiger partial charge in [-0.15, -0.1) is 0 Å². The number of nitrogens with two attached hydrogens (primary N) is 1. The maximum absolute atomic E-state index is 13.7. The second-order valence-corrected chi connectivity index (χ2v) is 8.99. The Kier molecular flexibility index (Phi) is 5.35. The predicted octanol–water partition coefficient (Wildman–Crippen LogP) is 0.110. The summed E-state index contributed by atoms with van der Waals surface area (Å²) in [5.74, 6) is -6.64. The second kappa shape index (κ2) is 7.68. The van der Waals surface area contributed by atoms with Gasteiger partial charge in [0.2, 0.25) is 5.78 Å². The SMILES string of the molecule is COCc1ccc(O)c2c1C[C@@H]1C[C@@H]3[C@@H](N(C)C)C(=O)C(C(N)=O)=C(O)[C@]3(O)C(=O)C1=C2O. The predicted molar refractivity (Wildman–Crippen MR) is 115 cm³/mol. The largest absolute Gasteiger partial charge is 0.508 e. The Labute approximate surface area is 189 Å². The zero-order chi connectivity index (χ0) is 24.4. The van der Waals surface area contributed by atoms with Crippen molar-refractivity contribution in [2.24, 2.45) is 17.6 Å². The Hall–Kier alpha value is -3.21. The highest BCUT2D eigenvalue weighted by atomic mass is 16.5. The lowest BCUT2D eigenvalue weighted by Gasteiger charge is -2.50. The van der Waals surface area contributed by atoms with E-state index in [1.165, 1.54) is 18.1 Å². The molecule has 33 heavy (non-hydrogen) atoms. The Balaban J connectivity index is 1.97. The fraction of sp³-hybridized carbons (Fsp3) is 0.435. The third-order valence-corrected chi connectivity index (χ3v) is 7.00. The lowest BCUT2D eigenvalue weighted by Crippen LogP contribution is -2.65. The van der Waals surface area contributed by atoms with Crippen LogP contribution in [0, 0.1) is 11.8 Å². The van der Waals surface area contributed by atoms with E-state index in [9.17, 15) is 34.8 Å². The van der Waals surface area contributed by atoms with Gasteiger partial charge in [-0.25, -0.2) is 0 Å². The van der Waals surface area contributed by atoms with Gasteiger partial charge in [0.1, 0.15) is 22.8 Å². The van der Waals surface area contributed by atoms with Gasteiger partial charge in [0.15, 0.2) is 11.4 Å². The number of Topliss-reactive ketones (excluding diaryl/α,β-unsaturated/α-hetero) is 2. The summed E-state index contributed by atoms with van der Waals surface area (Å²) in [5.41, 5.74) is 3.03. The molecule has 0 unspecified atom stereocenters. The zero-order valence-electron chi connectivity index (χ0n) is 18.5. The van der Waals surface area contributed by atoms with Gasteiger partial charge in [-0.3, -0.25) is 19.3 Å². The quantitative estimate of drug-likeness (QED) is 0.393. The van der Waals surface area contributed by atoms with E-state index in [1.807, 2.05) is 0 Å². The summed E-state index contributed by atoms with van der Waals surface area (Å²) < 4.78 is 5.22. The molecule has 176 valence electrons. The molecular formula is C23H26N2O8. The summed E-state index contributed by atoms with van der Waals surface area (Å²) in [4.78, 5) is 40.1. The monoisotopic (exact) mass is 458 g/mol. The number of ketones is 2. The van der Waals surface area contributed by atoms with E-state index in [1.54, 1.807) is 20.2 Å². The number of nitrogens with zero attached hydrogens (tertiary/aromatic N) is 1. The molecule has 0 heterocycles. The van der Waals surface area contributed by atoms with Crippen LogP contribution >= 0.6 is 0 Å². The van der Waals surface area contributed by atoms with Crippen molar-refractivity contribution < 1.29 is 39.5 Å². The number of phenols is 1. The molecule has 0 spiro atoms. The summed E-state index contributed by atoms with van der Waals surface area (Å²) >= 11 is 0. The van der Waals surface area contributed by atoms with Crippen molar-refractivity contribution in [1.82, 2.24) is 4.90 Å². The second-order valence-electron chi connectivity index (χ2n) is 8.99. The molecule has 0 bridgehead atoms. The van der Waals surface area contributed by atoms with Gasteiger partial charge in [-0.2, -0.15) is 0 Å². The highest BCUT2D eigenvalue weighted by molar-refractivity contribution is 6.24. The first-order chi connectivity index (χ1) is 15.5. The number of carbonyl (C=O) groups is 3. The average molecular weight is 458 g/mol. The van der Waals surface area contributed by atoms with Crippen LogP contribution in [-0.4, -0.2) is 75.6 Å². The molecule has 4 rings (SSSR count). The third kappa shape index (κ3) is 3.01. The van der Waals surface area contributed by atoms with E-state index in [-0.39, 0.29) is 36.3 Å². The minimum Gasteiger partial charge on any atom is -0.508 e. The molecule has 4 atom stereocenters. The number of aliphatic hydroxyl groups is 3. The van der Waals surface area contributed by atoms with Crippen molar-refractivity contribution in [3.05, 3.63) is 45.7 Å². The highest BCUT2D eigenvalue weighted by Crippen LogP contribution is 2.52. The minimum atomic E-state index is -2.63. The first kappa shape index (κ1) is 23.0. The number of carbonyl (C=O) groups excluding carboxylic acids is 3. The van der Waals surface area contributed by atoms with Crippen molar-refractivity contribution in [1.29, 1.82) is 0 Å². The first-order valence-corrected chi connectivity index (χ1v) is 10.4. The Bertz CT molecular complexity index is 1150. The summed E-state index contributed by atoms with van der Waals surface area (Å²) in [6.07, 6.45) is 0.287. The maximum atomic E-state index is 13.7. The molecule has 1 saturated carbocycles. The molecule has 3 aliphatic carbocycles. The van der Waals surface area contributed by atoms with Crippen molar-refractivity contribution >= 4 is 23.2 Å². The van der Waals surface area contributed by atoms with E-state index in [2.05, 4.69) is 0 Å². The van der Waals surface area contributed by atoms with Crippen LogP contribution in [0.4, 0.5) is 0 Å². The lowest BCUT2D eigenvalue weighted by molar-refractivity contribution is -0.153. The number of benzene rings is 1. The molecule has 1 fully saturated rings. The van der Waals surface area contributed by atoms with Crippen LogP contribution in [0.1, 0.15) is 23.1 Å². The van der Waals surface area contributed by atoms with E-state index in [4.69, 9.17) is 10.5 Å². The molecule has 0 saturated heterocycles. The molecule has 1 aromatic rings. The van der Waals surface area contributed by atoms with Gasteiger partial charge >= 0.3 is 0 Å². The molecule has 0 radical (unpaired) electrons. The number of aromatic hydroxyl groups is 1. The van der Waals surface area contributed by atoms with Gasteiger partial charge in [0, 0.05) is 18.6 Å². The number of rotatable bonds is 4. The summed E-state index contributed by atoms with van der Waals surface area (Å²) in [6, 6.07) is 1.93. The number of amides is 1. The van der Waals surface area contributed by atoms with Crippen molar-refractivity contribution in [2.45, 2.75) is 31.1 Å². The molecular weight excluding hydrogens is 432 g/mol. The summed E-state index contributed by atoms with van der Waals surface area (Å²) in [6.45, 7) is 0.212. The van der Waals surface area contributed by atoms with Crippen LogP contribution < -0.4 is 5.73 Å². The first-order valence-electron chi connectivity index (χ1n) is 10.4. The van der Waals surface area contributed by atoms with Crippen LogP contribution in [0.5, 0.6) is 5.75 Å². The van der Waals surface area contributed by atoms with Gasteiger partial charge < -0.3 is 30.9 Å². The van der Waals surface area contributed by atoms with Crippen LogP contribution in [0.25, 0.3) is 5.76 Å². The lowest BCUT2D eigenvalue weighted by atomic mass is 9.57. The van der Waals surface area contributed by atoms with E-state index in [0.717, 1.165) is 0 Å². The number of ether oxygens (including phenoxy) is 1. The molecule has 1 aromatic carbocycles. The number of likely N-dealkylation sites (N-methyl/N-ethyl adjacent to an activating group) is 1. The molecule has 0 aliphatic heterocycles. The van der Waals surface area contributed by atoms with Crippen molar-refractivity contribution in [3.63, 3.8) is 0 Å². The Morgan fingerprint density at radius 2 is 1.91 bits per heavy atom. The standard InChI is InChI=1S/C23H26N2O8/c1-25(2)17-12-7-10-6-11-9(8-33-3)4-5-13(26)15(11)18(27)14(10)20(29)23(12,32)21(30)16(19(17)28)22(24)31/h4-5,10,12,17,26-27,30,32H,6-8H2,1-3H3,(H2,24,31)/t10-,12-,17-,23-/m1/s1. The van der Waals surface area contributed by atoms with Crippen LogP contribution in [0.15, 0.2) is 29.0 Å². The third-order valence-electron chi connectivity index (χ3n) is 7.00. The Morgan fingerprint density at radius 1 is 1.24 bits per heavy atom. The number of fused-ring (bicyclic) bond motifs is 3. The van der Waals surface area contributed by atoms with Crippen molar-refractivity contribution in [2.75, 3.05) is 21.2 Å². The molecule has 10 nitrogen and oxygen atoms in total. The topological polar surface area (TPSA) is 171 Å². The number of primary amides is 1. The highest BCUT2D eigenvalue weighted by Gasteiger charge is 2.64. The van der Waals surface area contributed by atoms with E-state index < -0.39 is 58.0 Å². The molecule has 1 amide bonds. The number of hydrogen-bond acceptors (Lipinski definition) is 9. The Morgan fingerprint density at radius 3 is 2.48 bits per heavy atom. The van der Waals surface area contributed by atoms with E-state index >= 15 is 0 Å².